The van der Waals surface area contributed by atoms with Crippen LogP contribution in [0.3, 0.4) is 0 Å². The predicted octanol–water partition coefficient (Wildman–Crippen LogP) is 1.24. The number of anilines is 1. The van der Waals surface area contributed by atoms with Gasteiger partial charge in [-0.05, 0) is 25.0 Å². The van der Waals surface area contributed by atoms with E-state index >= 15 is 0 Å². The first kappa shape index (κ1) is 12.5. The van der Waals surface area contributed by atoms with Crippen molar-refractivity contribution in [2.75, 3.05) is 4.90 Å². The maximum Gasteiger partial charge on any atom is 0.339 e. The Labute approximate surface area is 114 Å². The number of carboxylic acids is 1. The van der Waals surface area contributed by atoms with Crippen molar-refractivity contribution >= 4 is 23.6 Å². The summed E-state index contributed by atoms with van der Waals surface area (Å²) in [6.45, 7) is 0. The van der Waals surface area contributed by atoms with E-state index in [1.807, 2.05) is 12.2 Å². The number of pyridine rings is 1. The number of nitrogens with zero attached hydrogens (tertiary/aromatic N) is 2. The number of carbonyl (C=O) groups is 3. The van der Waals surface area contributed by atoms with Gasteiger partial charge in [-0.2, -0.15) is 0 Å². The standard InChI is InChI=1S/C14H12N2O4/c17-12-8-4-1-2-5-9(8)13(18)16(12)11-10(14(19)20)6-3-7-15-11/h1-3,6-9H,4-5H2,(H,19,20)/t8-,9+. The molecule has 20 heavy (non-hydrogen) atoms. The zero-order valence-corrected chi connectivity index (χ0v) is 10.5. The summed E-state index contributed by atoms with van der Waals surface area (Å²) in [6.07, 6.45) is 6.17. The maximum absolute atomic E-state index is 12.4. The van der Waals surface area contributed by atoms with E-state index in [-0.39, 0.29) is 23.2 Å². The Morgan fingerprint density at radius 2 is 1.80 bits per heavy atom. The summed E-state index contributed by atoms with van der Waals surface area (Å²) >= 11 is 0. The molecule has 2 aliphatic rings. The zero-order chi connectivity index (χ0) is 14.3. The van der Waals surface area contributed by atoms with Gasteiger partial charge in [0, 0.05) is 6.20 Å². The normalized spacial score (nSPS) is 24.9. The summed E-state index contributed by atoms with van der Waals surface area (Å²) in [5.41, 5.74) is -0.138. The van der Waals surface area contributed by atoms with Gasteiger partial charge in [0.25, 0.3) is 0 Å². The molecule has 0 radical (unpaired) electrons. The molecule has 1 aliphatic carbocycles. The number of carboxylic acid groups (broad SMARTS) is 1. The lowest BCUT2D eigenvalue weighted by atomic mass is 9.85. The highest BCUT2D eigenvalue weighted by Gasteiger charge is 2.49. The average Bonchev–Trinajstić information content (AvgIpc) is 2.71. The Morgan fingerprint density at radius 3 is 2.35 bits per heavy atom. The van der Waals surface area contributed by atoms with Crippen molar-refractivity contribution in [1.29, 1.82) is 0 Å². The number of hydrogen-bond acceptors (Lipinski definition) is 4. The minimum Gasteiger partial charge on any atom is -0.478 e. The summed E-state index contributed by atoms with van der Waals surface area (Å²) in [5, 5.41) is 9.16. The summed E-state index contributed by atoms with van der Waals surface area (Å²) in [6, 6.07) is 2.80. The molecule has 1 fully saturated rings. The Bertz CT molecular complexity index is 612. The van der Waals surface area contributed by atoms with Crippen molar-refractivity contribution in [2.45, 2.75) is 12.8 Å². The van der Waals surface area contributed by atoms with Crippen molar-refractivity contribution in [3.63, 3.8) is 0 Å². The molecule has 6 nitrogen and oxygen atoms in total. The highest BCUT2D eigenvalue weighted by Crippen LogP contribution is 2.37. The quantitative estimate of drug-likeness (QED) is 0.646. The largest absolute Gasteiger partial charge is 0.478 e. The first-order chi connectivity index (χ1) is 9.61. The Balaban J connectivity index is 2.06. The number of fused-ring (bicyclic) bond motifs is 1. The molecule has 1 aromatic heterocycles. The fourth-order valence-electron chi connectivity index (χ4n) is 2.75. The van der Waals surface area contributed by atoms with Crippen LogP contribution in [0, 0.1) is 11.8 Å². The predicted molar refractivity (Wildman–Crippen MR) is 69.0 cm³/mol. The fourth-order valence-corrected chi connectivity index (χ4v) is 2.75. The van der Waals surface area contributed by atoms with E-state index in [0.717, 1.165) is 4.90 Å². The second kappa shape index (κ2) is 4.56. The second-order valence-electron chi connectivity index (χ2n) is 4.85. The lowest BCUT2D eigenvalue weighted by Gasteiger charge is -2.15. The monoisotopic (exact) mass is 272 g/mol. The second-order valence-corrected chi connectivity index (χ2v) is 4.85. The van der Waals surface area contributed by atoms with E-state index in [1.165, 1.54) is 18.3 Å². The van der Waals surface area contributed by atoms with Crippen molar-refractivity contribution in [3.05, 3.63) is 36.0 Å². The molecular formula is C14H12N2O4. The number of aromatic nitrogens is 1. The molecule has 1 N–H and O–H groups in total. The minimum atomic E-state index is -1.21. The molecular weight excluding hydrogens is 260 g/mol. The fraction of sp³-hybridized carbons (Fsp3) is 0.286. The van der Waals surface area contributed by atoms with Gasteiger partial charge in [-0.1, -0.05) is 12.2 Å². The third kappa shape index (κ3) is 1.72. The number of aromatic carboxylic acids is 1. The third-order valence-corrected chi connectivity index (χ3v) is 3.74. The van der Waals surface area contributed by atoms with Gasteiger partial charge in [-0.15, -0.1) is 0 Å². The van der Waals surface area contributed by atoms with Gasteiger partial charge in [-0.3, -0.25) is 9.59 Å². The smallest absolute Gasteiger partial charge is 0.339 e. The molecule has 6 heteroatoms. The summed E-state index contributed by atoms with van der Waals surface area (Å²) < 4.78 is 0. The van der Waals surface area contributed by atoms with Crippen LogP contribution < -0.4 is 4.90 Å². The highest BCUT2D eigenvalue weighted by atomic mass is 16.4. The number of imide groups is 1. The van der Waals surface area contributed by atoms with Gasteiger partial charge >= 0.3 is 5.97 Å². The lowest BCUT2D eigenvalue weighted by Crippen LogP contribution is -2.33. The Morgan fingerprint density at radius 1 is 1.20 bits per heavy atom. The molecule has 1 aromatic rings. The first-order valence-electron chi connectivity index (χ1n) is 6.32. The number of hydrogen-bond donors (Lipinski definition) is 1. The number of carbonyl (C=O) groups excluding carboxylic acids is 2. The van der Waals surface area contributed by atoms with Crippen molar-refractivity contribution < 1.29 is 19.5 Å². The van der Waals surface area contributed by atoms with E-state index in [4.69, 9.17) is 5.11 Å². The van der Waals surface area contributed by atoms with Gasteiger partial charge in [0.2, 0.25) is 11.8 Å². The molecule has 102 valence electrons. The van der Waals surface area contributed by atoms with Crippen molar-refractivity contribution in [2.24, 2.45) is 11.8 Å². The van der Waals surface area contributed by atoms with Crippen LogP contribution in [-0.4, -0.2) is 27.9 Å². The Hall–Kier alpha value is -2.50. The average molecular weight is 272 g/mol. The van der Waals surface area contributed by atoms with Crippen LogP contribution in [-0.2, 0) is 9.59 Å². The zero-order valence-electron chi connectivity index (χ0n) is 10.5. The topological polar surface area (TPSA) is 87.6 Å². The molecule has 2 amide bonds. The molecule has 1 aliphatic heterocycles. The SMILES string of the molecule is O=C(O)c1cccnc1N1C(=O)[C@H]2CC=CC[C@H]2C1=O. The van der Waals surface area contributed by atoms with Gasteiger partial charge in [-0.25, -0.2) is 14.7 Å². The number of allylic oxidation sites excluding steroid dienone is 2. The molecule has 0 spiro atoms. The van der Waals surface area contributed by atoms with Gasteiger partial charge in [0.05, 0.1) is 11.8 Å². The van der Waals surface area contributed by atoms with E-state index in [9.17, 15) is 14.4 Å². The van der Waals surface area contributed by atoms with Crippen molar-refractivity contribution in [3.8, 4) is 0 Å². The minimum absolute atomic E-state index is 0.0793. The summed E-state index contributed by atoms with van der Waals surface area (Å²) in [4.78, 5) is 40.8. The van der Waals surface area contributed by atoms with E-state index in [0.29, 0.717) is 12.8 Å². The van der Waals surface area contributed by atoms with Crippen LogP contribution in [0.4, 0.5) is 5.82 Å². The van der Waals surface area contributed by atoms with Crippen LogP contribution >= 0.6 is 0 Å². The first-order valence-corrected chi connectivity index (χ1v) is 6.32. The highest BCUT2D eigenvalue weighted by molar-refractivity contribution is 6.23. The molecule has 2 heterocycles. The van der Waals surface area contributed by atoms with Crippen LogP contribution in [0.25, 0.3) is 0 Å². The molecule has 0 aromatic carbocycles. The Kier molecular flexibility index (Phi) is 2.85. The van der Waals surface area contributed by atoms with Crippen LogP contribution in [0.1, 0.15) is 23.2 Å². The van der Waals surface area contributed by atoms with Crippen molar-refractivity contribution in [1.82, 2.24) is 4.98 Å². The number of rotatable bonds is 2. The van der Waals surface area contributed by atoms with Gasteiger partial charge < -0.3 is 5.11 Å². The molecule has 1 saturated heterocycles. The maximum atomic E-state index is 12.4. The van der Waals surface area contributed by atoms with E-state index < -0.39 is 17.8 Å². The van der Waals surface area contributed by atoms with Gasteiger partial charge in [0.15, 0.2) is 5.82 Å². The van der Waals surface area contributed by atoms with E-state index in [1.54, 1.807) is 0 Å². The van der Waals surface area contributed by atoms with Crippen LogP contribution in [0.2, 0.25) is 0 Å². The van der Waals surface area contributed by atoms with E-state index in [2.05, 4.69) is 4.98 Å². The lowest BCUT2D eigenvalue weighted by molar-refractivity contribution is -0.122. The summed E-state index contributed by atoms with van der Waals surface area (Å²) in [7, 11) is 0. The van der Waals surface area contributed by atoms with Crippen LogP contribution in [0.5, 0.6) is 0 Å². The molecule has 2 atom stereocenters. The number of amides is 2. The molecule has 0 bridgehead atoms. The van der Waals surface area contributed by atoms with Gasteiger partial charge in [0.1, 0.15) is 5.56 Å². The molecule has 3 rings (SSSR count). The van der Waals surface area contributed by atoms with Crippen LogP contribution in [0.15, 0.2) is 30.5 Å². The molecule has 0 saturated carbocycles. The summed E-state index contributed by atoms with van der Waals surface area (Å²) in [5.74, 6) is -2.78. The molecule has 0 unspecified atom stereocenters. The third-order valence-electron chi connectivity index (χ3n) is 3.74.